The van der Waals surface area contributed by atoms with E-state index in [1.807, 2.05) is 6.92 Å². The molecule has 0 aromatic heterocycles. The molecule has 0 aliphatic heterocycles. The van der Waals surface area contributed by atoms with Crippen LogP contribution in [-0.2, 0) is 0 Å². The van der Waals surface area contributed by atoms with Gasteiger partial charge in [0.15, 0.2) is 0 Å². The number of rotatable bonds is 5. The van der Waals surface area contributed by atoms with Gasteiger partial charge >= 0.3 is 0 Å². The van der Waals surface area contributed by atoms with E-state index in [0.717, 1.165) is 5.75 Å². The molecule has 4 heteroatoms. The number of hydrogen-bond acceptors (Lipinski definition) is 3. The molecule has 1 amide bonds. The maximum absolute atomic E-state index is 11.7. The van der Waals surface area contributed by atoms with Crippen LogP contribution in [0.1, 0.15) is 24.2 Å². The maximum atomic E-state index is 11.7. The molecule has 0 aliphatic rings. The quantitative estimate of drug-likeness (QED) is 0.844. The van der Waals surface area contributed by atoms with E-state index in [0.29, 0.717) is 18.7 Å². The third kappa shape index (κ3) is 4.15. The first-order chi connectivity index (χ1) is 8.17. The van der Waals surface area contributed by atoms with E-state index < -0.39 is 0 Å². The van der Waals surface area contributed by atoms with Crippen LogP contribution >= 0.6 is 0 Å². The minimum Gasteiger partial charge on any atom is -0.494 e. The molecule has 0 spiro atoms. The molecule has 0 aliphatic carbocycles. The summed E-state index contributed by atoms with van der Waals surface area (Å²) in [7, 11) is 0. The molecule has 0 radical (unpaired) electrons. The van der Waals surface area contributed by atoms with Gasteiger partial charge in [0.25, 0.3) is 5.91 Å². The number of nitrogens with zero attached hydrogens (tertiary/aromatic N) is 1. The van der Waals surface area contributed by atoms with Crippen LogP contribution in [0, 0.1) is 17.2 Å². The molecular weight excluding hydrogens is 216 g/mol. The maximum Gasteiger partial charge on any atom is 0.251 e. The van der Waals surface area contributed by atoms with Gasteiger partial charge in [-0.25, -0.2) is 0 Å². The molecule has 90 valence electrons. The average Bonchev–Trinajstić information content (AvgIpc) is 2.36. The predicted molar refractivity (Wildman–Crippen MR) is 64.7 cm³/mol. The summed E-state index contributed by atoms with van der Waals surface area (Å²) in [5.74, 6) is 0.395. The van der Waals surface area contributed by atoms with Gasteiger partial charge in [-0.3, -0.25) is 4.79 Å². The van der Waals surface area contributed by atoms with Crippen molar-refractivity contribution in [2.75, 3.05) is 13.2 Å². The van der Waals surface area contributed by atoms with Gasteiger partial charge in [-0.1, -0.05) is 0 Å². The molecule has 1 aromatic rings. The average molecular weight is 232 g/mol. The van der Waals surface area contributed by atoms with Crippen molar-refractivity contribution in [1.82, 2.24) is 5.32 Å². The largest absolute Gasteiger partial charge is 0.494 e. The fourth-order valence-corrected chi connectivity index (χ4v) is 1.26. The van der Waals surface area contributed by atoms with Gasteiger partial charge in [-0.05, 0) is 38.1 Å². The third-order valence-corrected chi connectivity index (χ3v) is 2.22. The zero-order valence-corrected chi connectivity index (χ0v) is 10.1. The van der Waals surface area contributed by atoms with Crippen molar-refractivity contribution in [3.63, 3.8) is 0 Å². The zero-order chi connectivity index (χ0) is 12.7. The number of ether oxygens (including phenoxy) is 1. The van der Waals surface area contributed by atoms with Crippen molar-refractivity contribution >= 4 is 5.91 Å². The molecule has 1 N–H and O–H groups in total. The lowest BCUT2D eigenvalue weighted by atomic mass is 10.2. The topological polar surface area (TPSA) is 62.1 Å². The van der Waals surface area contributed by atoms with Crippen LogP contribution < -0.4 is 10.1 Å². The van der Waals surface area contributed by atoms with Crippen LogP contribution in [0.5, 0.6) is 5.75 Å². The fourth-order valence-electron chi connectivity index (χ4n) is 1.26. The molecule has 17 heavy (non-hydrogen) atoms. The Kier molecular flexibility index (Phi) is 5.02. The Bertz CT molecular complexity index is 406. The van der Waals surface area contributed by atoms with Crippen molar-refractivity contribution in [2.45, 2.75) is 13.8 Å². The molecule has 1 aromatic carbocycles. The monoisotopic (exact) mass is 232 g/mol. The summed E-state index contributed by atoms with van der Waals surface area (Å²) in [5, 5.41) is 11.3. The number of nitriles is 1. The Morgan fingerprint density at radius 1 is 1.47 bits per heavy atom. The molecule has 0 fully saturated rings. The number of hydrogen-bond donors (Lipinski definition) is 1. The Hall–Kier alpha value is -2.02. The van der Waals surface area contributed by atoms with Gasteiger partial charge in [0.1, 0.15) is 5.75 Å². The van der Waals surface area contributed by atoms with Gasteiger partial charge in [0.2, 0.25) is 0 Å². The second-order valence-corrected chi connectivity index (χ2v) is 3.70. The van der Waals surface area contributed by atoms with Crippen molar-refractivity contribution in [1.29, 1.82) is 5.26 Å². The highest BCUT2D eigenvalue weighted by Crippen LogP contribution is 2.11. The molecule has 0 saturated carbocycles. The van der Waals surface area contributed by atoms with E-state index in [2.05, 4.69) is 11.4 Å². The lowest BCUT2D eigenvalue weighted by Crippen LogP contribution is -2.27. The van der Waals surface area contributed by atoms with E-state index >= 15 is 0 Å². The van der Waals surface area contributed by atoms with Crippen molar-refractivity contribution in [3.8, 4) is 11.8 Å². The van der Waals surface area contributed by atoms with Gasteiger partial charge in [0, 0.05) is 12.1 Å². The van der Waals surface area contributed by atoms with E-state index in [4.69, 9.17) is 10.00 Å². The summed E-state index contributed by atoms with van der Waals surface area (Å²) >= 11 is 0. The summed E-state index contributed by atoms with van der Waals surface area (Å²) in [5.41, 5.74) is 0.568. The van der Waals surface area contributed by atoms with Crippen LogP contribution in [0.15, 0.2) is 24.3 Å². The van der Waals surface area contributed by atoms with Gasteiger partial charge in [0.05, 0.1) is 18.6 Å². The van der Waals surface area contributed by atoms with Crippen LogP contribution in [0.3, 0.4) is 0 Å². The molecule has 0 bridgehead atoms. The Morgan fingerprint density at radius 2 is 2.12 bits per heavy atom. The summed E-state index contributed by atoms with van der Waals surface area (Å²) in [6, 6.07) is 8.99. The van der Waals surface area contributed by atoms with E-state index in [1.54, 1.807) is 31.2 Å². The van der Waals surface area contributed by atoms with Gasteiger partial charge in [-0.15, -0.1) is 0 Å². The van der Waals surface area contributed by atoms with Crippen LogP contribution in [0.4, 0.5) is 0 Å². The molecule has 0 saturated heterocycles. The number of nitrogens with one attached hydrogen (secondary N) is 1. The van der Waals surface area contributed by atoms with E-state index in [1.165, 1.54) is 0 Å². The number of benzene rings is 1. The Balaban J connectivity index is 2.55. The highest BCUT2D eigenvalue weighted by atomic mass is 16.5. The summed E-state index contributed by atoms with van der Waals surface area (Å²) in [6.45, 7) is 4.64. The lowest BCUT2D eigenvalue weighted by Gasteiger charge is -2.07. The second kappa shape index (κ2) is 6.54. The van der Waals surface area contributed by atoms with Crippen molar-refractivity contribution in [3.05, 3.63) is 29.8 Å². The lowest BCUT2D eigenvalue weighted by molar-refractivity contribution is 0.0951. The molecule has 1 rings (SSSR count). The normalized spacial score (nSPS) is 11.4. The highest BCUT2D eigenvalue weighted by Gasteiger charge is 2.07. The van der Waals surface area contributed by atoms with Crippen LogP contribution in [-0.4, -0.2) is 19.1 Å². The number of carbonyl (C=O) groups is 1. The number of amides is 1. The van der Waals surface area contributed by atoms with E-state index in [9.17, 15) is 4.79 Å². The fraction of sp³-hybridized carbons (Fsp3) is 0.385. The standard InChI is InChI=1S/C13H16N2O2/c1-3-17-12-6-4-11(5-7-12)13(16)15-9-10(2)8-14/h4-7,10H,3,9H2,1-2H3,(H,15,16). The Labute approximate surface area is 101 Å². The molecule has 0 heterocycles. The smallest absolute Gasteiger partial charge is 0.251 e. The molecular formula is C13H16N2O2. The minimum absolute atomic E-state index is 0.171. The molecule has 1 atom stereocenters. The second-order valence-electron chi connectivity index (χ2n) is 3.70. The van der Waals surface area contributed by atoms with Crippen LogP contribution in [0.25, 0.3) is 0 Å². The first-order valence-electron chi connectivity index (χ1n) is 5.58. The first-order valence-corrected chi connectivity index (χ1v) is 5.58. The van der Waals surface area contributed by atoms with Gasteiger partial charge in [-0.2, -0.15) is 5.26 Å². The molecule has 1 unspecified atom stereocenters. The third-order valence-electron chi connectivity index (χ3n) is 2.22. The minimum atomic E-state index is -0.179. The summed E-state index contributed by atoms with van der Waals surface area (Å²) in [6.07, 6.45) is 0. The van der Waals surface area contributed by atoms with Gasteiger partial charge < -0.3 is 10.1 Å². The predicted octanol–water partition coefficient (Wildman–Crippen LogP) is 1.97. The zero-order valence-electron chi connectivity index (χ0n) is 10.1. The summed E-state index contributed by atoms with van der Waals surface area (Å²) in [4.78, 5) is 11.7. The SMILES string of the molecule is CCOc1ccc(C(=O)NCC(C)C#N)cc1. The number of carbonyl (C=O) groups excluding carboxylic acids is 1. The highest BCUT2D eigenvalue weighted by molar-refractivity contribution is 5.94. The first kappa shape index (κ1) is 13.0. The molecule has 4 nitrogen and oxygen atoms in total. The van der Waals surface area contributed by atoms with Crippen molar-refractivity contribution < 1.29 is 9.53 Å². The van der Waals surface area contributed by atoms with Crippen molar-refractivity contribution in [2.24, 2.45) is 5.92 Å². The van der Waals surface area contributed by atoms with E-state index in [-0.39, 0.29) is 11.8 Å². The van der Waals surface area contributed by atoms with Crippen LogP contribution in [0.2, 0.25) is 0 Å². The summed E-state index contributed by atoms with van der Waals surface area (Å²) < 4.78 is 5.28. The Morgan fingerprint density at radius 3 is 2.65 bits per heavy atom.